The van der Waals surface area contributed by atoms with Crippen LogP contribution >= 0.6 is 0 Å². The molecular weight excluding hydrogens is 330 g/mol. The third kappa shape index (κ3) is 1.90. The Morgan fingerprint density at radius 1 is 1.24 bits per heavy atom. The molecule has 1 amide bonds. The first-order valence-electron chi connectivity index (χ1n) is 7.62. The topological polar surface area (TPSA) is 66.6 Å². The molecule has 1 atom stereocenters. The quantitative estimate of drug-likeness (QED) is 0.776. The van der Waals surface area contributed by atoms with Crippen molar-refractivity contribution in [2.75, 3.05) is 11.9 Å². The van der Waals surface area contributed by atoms with Crippen LogP contribution in [0.3, 0.4) is 0 Å². The molecule has 128 valence electrons. The molecule has 0 radical (unpaired) electrons. The maximum atomic E-state index is 15.3. The van der Waals surface area contributed by atoms with E-state index in [1.807, 2.05) is 0 Å². The molecule has 1 aliphatic rings. The van der Waals surface area contributed by atoms with Crippen molar-refractivity contribution in [3.05, 3.63) is 59.5 Å². The van der Waals surface area contributed by atoms with E-state index in [-0.39, 0.29) is 22.4 Å². The van der Waals surface area contributed by atoms with Crippen LogP contribution in [0.1, 0.15) is 17.0 Å². The van der Waals surface area contributed by atoms with Gasteiger partial charge in [-0.25, -0.2) is 4.98 Å². The average molecular weight is 344 g/mol. The number of nitrogens with zero attached hydrogens (tertiary/aromatic N) is 2. The minimum absolute atomic E-state index is 0.157. The van der Waals surface area contributed by atoms with Gasteiger partial charge < -0.3 is 14.4 Å². The second-order valence-electron chi connectivity index (χ2n) is 6.16. The highest BCUT2D eigenvalue weighted by atomic mass is 19.3. The molecule has 1 aliphatic heterocycles. The summed E-state index contributed by atoms with van der Waals surface area (Å²) in [5, 5.41) is 10.9. The number of carbonyl (C=O) groups excluding carboxylic acids is 1. The lowest BCUT2D eigenvalue weighted by Crippen LogP contribution is -2.50. The van der Waals surface area contributed by atoms with E-state index in [2.05, 4.69) is 4.98 Å². The number of amides is 1. The lowest BCUT2D eigenvalue weighted by molar-refractivity contribution is -0.204. The van der Waals surface area contributed by atoms with Crippen LogP contribution in [0.15, 0.2) is 46.9 Å². The van der Waals surface area contributed by atoms with Gasteiger partial charge in [-0.15, -0.1) is 0 Å². The van der Waals surface area contributed by atoms with Crippen LogP contribution in [0.5, 0.6) is 0 Å². The summed E-state index contributed by atoms with van der Waals surface area (Å²) in [6.45, 7) is 1.70. The van der Waals surface area contributed by atoms with Gasteiger partial charge in [0.2, 0.25) is 5.60 Å². The monoisotopic (exact) mass is 344 g/mol. The van der Waals surface area contributed by atoms with E-state index in [4.69, 9.17) is 4.42 Å². The minimum Gasteiger partial charge on any atom is -0.435 e. The number of rotatable bonds is 2. The Morgan fingerprint density at radius 2 is 1.96 bits per heavy atom. The number of aliphatic hydroxyl groups is 1. The van der Waals surface area contributed by atoms with Crippen LogP contribution in [-0.4, -0.2) is 23.0 Å². The smallest absolute Gasteiger partial charge is 0.363 e. The summed E-state index contributed by atoms with van der Waals surface area (Å²) in [4.78, 5) is 17.4. The Morgan fingerprint density at radius 3 is 2.68 bits per heavy atom. The molecule has 0 aliphatic carbocycles. The number of alkyl halides is 2. The number of halogens is 2. The number of anilines is 1. The summed E-state index contributed by atoms with van der Waals surface area (Å²) in [7, 11) is 1.34. The van der Waals surface area contributed by atoms with Crippen molar-refractivity contribution in [1.82, 2.24) is 4.98 Å². The van der Waals surface area contributed by atoms with Gasteiger partial charge in [0.1, 0.15) is 5.52 Å². The molecule has 0 bridgehead atoms. The van der Waals surface area contributed by atoms with Gasteiger partial charge in [0.05, 0.1) is 5.69 Å². The van der Waals surface area contributed by atoms with Crippen molar-refractivity contribution in [1.29, 1.82) is 0 Å². The molecule has 0 fully saturated rings. The van der Waals surface area contributed by atoms with Crippen molar-refractivity contribution in [3.8, 4) is 0 Å². The number of carbonyl (C=O) groups is 1. The third-order valence-electron chi connectivity index (χ3n) is 4.53. The number of aryl methyl sites for hydroxylation is 1. The van der Waals surface area contributed by atoms with Gasteiger partial charge in [-0.05, 0) is 25.1 Å². The molecule has 3 aromatic rings. The number of fused-ring (bicyclic) bond motifs is 2. The highest BCUT2D eigenvalue weighted by Gasteiger charge is 2.68. The van der Waals surface area contributed by atoms with E-state index >= 15 is 8.78 Å². The number of oxazole rings is 1. The number of aromatic nitrogens is 1. The molecule has 2 aromatic carbocycles. The Bertz CT molecular complexity index is 981. The maximum absolute atomic E-state index is 15.3. The summed E-state index contributed by atoms with van der Waals surface area (Å²) in [6, 6.07) is 10.9. The molecule has 25 heavy (non-hydrogen) atoms. The van der Waals surface area contributed by atoms with E-state index in [0.29, 0.717) is 5.56 Å². The van der Waals surface area contributed by atoms with E-state index in [1.165, 1.54) is 31.3 Å². The molecule has 1 unspecified atom stereocenters. The Hall–Kier alpha value is -2.80. The third-order valence-corrected chi connectivity index (χ3v) is 4.53. The van der Waals surface area contributed by atoms with Gasteiger partial charge in [-0.1, -0.05) is 29.8 Å². The number of hydrogen-bond acceptors (Lipinski definition) is 4. The summed E-state index contributed by atoms with van der Waals surface area (Å²) in [6.07, 6.45) is 0. The van der Waals surface area contributed by atoms with Crippen molar-refractivity contribution in [2.24, 2.45) is 0 Å². The van der Waals surface area contributed by atoms with Gasteiger partial charge >= 0.3 is 5.92 Å². The highest BCUT2D eigenvalue weighted by Crippen LogP contribution is 2.53. The fraction of sp³-hybridized carbons (Fsp3) is 0.222. The van der Waals surface area contributed by atoms with Crippen LogP contribution in [-0.2, 0) is 16.3 Å². The summed E-state index contributed by atoms with van der Waals surface area (Å²) in [5.41, 5.74) is -1.98. The van der Waals surface area contributed by atoms with Crippen molar-refractivity contribution in [2.45, 2.75) is 18.4 Å². The first kappa shape index (κ1) is 15.7. The second kappa shape index (κ2) is 4.86. The normalized spacial score (nSPS) is 20.4. The molecule has 1 aromatic heterocycles. The zero-order valence-corrected chi connectivity index (χ0v) is 13.5. The maximum Gasteiger partial charge on any atom is 0.363 e. The zero-order valence-electron chi connectivity index (χ0n) is 13.5. The van der Waals surface area contributed by atoms with Gasteiger partial charge in [-0.3, -0.25) is 4.79 Å². The second-order valence-corrected chi connectivity index (χ2v) is 6.16. The zero-order chi connectivity index (χ0) is 18.0. The van der Waals surface area contributed by atoms with Crippen LogP contribution in [0.2, 0.25) is 0 Å². The van der Waals surface area contributed by atoms with Gasteiger partial charge in [0.15, 0.2) is 5.58 Å². The molecule has 4 rings (SSSR count). The van der Waals surface area contributed by atoms with Crippen molar-refractivity contribution < 1.29 is 23.1 Å². The first-order valence-corrected chi connectivity index (χ1v) is 7.62. The van der Waals surface area contributed by atoms with Crippen LogP contribution in [0, 0.1) is 6.92 Å². The molecule has 5 nitrogen and oxygen atoms in total. The summed E-state index contributed by atoms with van der Waals surface area (Å²) < 4.78 is 35.7. The number of para-hydroxylation sites is 2. The van der Waals surface area contributed by atoms with Gasteiger partial charge in [0, 0.05) is 12.6 Å². The Balaban J connectivity index is 1.95. The SMILES string of the molecule is Cc1ccc2c(c1)C(O)(C(F)(F)c1nc3ccccc3o1)C(=O)N2C. The fourth-order valence-corrected chi connectivity index (χ4v) is 3.16. The van der Waals surface area contributed by atoms with Gasteiger partial charge in [0.25, 0.3) is 11.8 Å². The van der Waals surface area contributed by atoms with Crippen molar-refractivity contribution >= 4 is 22.7 Å². The lowest BCUT2D eigenvalue weighted by atomic mass is 9.87. The summed E-state index contributed by atoms with van der Waals surface area (Å²) >= 11 is 0. The number of benzene rings is 2. The first-order chi connectivity index (χ1) is 11.8. The van der Waals surface area contributed by atoms with E-state index in [9.17, 15) is 9.90 Å². The Labute approximate surface area is 141 Å². The molecule has 0 saturated carbocycles. The average Bonchev–Trinajstić information content (AvgIpc) is 3.11. The molecule has 1 N–H and O–H groups in total. The molecule has 2 heterocycles. The van der Waals surface area contributed by atoms with Crippen LogP contribution in [0.25, 0.3) is 11.1 Å². The predicted molar refractivity (Wildman–Crippen MR) is 86.4 cm³/mol. The van der Waals surface area contributed by atoms with E-state index in [1.54, 1.807) is 25.1 Å². The predicted octanol–water partition coefficient (Wildman–Crippen LogP) is 3.09. The van der Waals surface area contributed by atoms with Crippen LogP contribution in [0.4, 0.5) is 14.5 Å². The highest BCUT2D eigenvalue weighted by molar-refractivity contribution is 6.07. The minimum atomic E-state index is -4.05. The molecule has 0 saturated heterocycles. The lowest BCUT2D eigenvalue weighted by Gasteiger charge is -2.28. The Kier molecular flexibility index (Phi) is 3.05. The molecule has 7 heteroatoms. The number of likely N-dealkylation sites (N-methyl/N-ethyl adjacent to an activating group) is 1. The van der Waals surface area contributed by atoms with E-state index in [0.717, 1.165) is 4.90 Å². The van der Waals surface area contributed by atoms with Crippen LogP contribution < -0.4 is 4.90 Å². The van der Waals surface area contributed by atoms with Crippen molar-refractivity contribution in [3.63, 3.8) is 0 Å². The fourth-order valence-electron chi connectivity index (χ4n) is 3.16. The number of hydrogen-bond donors (Lipinski definition) is 1. The standard InChI is InChI=1S/C18H14F2N2O3/c1-10-7-8-13-11(9-10)17(24,16(23)22(13)2)18(19,20)15-21-12-5-3-4-6-14(12)25-15/h3-9,24H,1-2H3. The van der Waals surface area contributed by atoms with E-state index < -0.39 is 23.3 Å². The molecule has 0 spiro atoms. The largest absolute Gasteiger partial charge is 0.435 e. The summed E-state index contributed by atoms with van der Waals surface area (Å²) in [5.74, 6) is -6.16. The van der Waals surface area contributed by atoms with Gasteiger partial charge in [-0.2, -0.15) is 8.78 Å². The molecular formula is C18H14F2N2O3.